The molecule has 2 aliphatic rings. The molecule has 0 saturated carbocycles. The van der Waals surface area contributed by atoms with E-state index in [1.54, 1.807) is 15.9 Å². The van der Waals surface area contributed by atoms with Gasteiger partial charge in [-0.2, -0.15) is 4.52 Å². The lowest BCUT2D eigenvalue weighted by Gasteiger charge is -2.33. The van der Waals surface area contributed by atoms with Crippen LogP contribution in [0.1, 0.15) is 66.9 Å². The van der Waals surface area contributed by atoms with Crippen LogP contribution in [0, 0.1) is 18.3 Å². The maximum Gasteiger partial charge on any atom is 0.293 e. The molecular weight excluding hydrogens is 370 g/mol. The number of hydrogen-bond acceptors (Lipinski definition) is 5. The first-order chi connectivity index (χ1) is 13.3. The molecule has 1 amide bonds. The highest BCUT2D eigenvalue weighted by Gasteiger charge is 2.32. The Morgan fingerprint density at radius 1 is 1.18 bits per heavy atom. The molecule has 7 heteroatoms. The number of amides is 1. The van der Waals surface area contributed by atoms with Crippen molar-refractivity contribution in [2.24, 2.45) is 11.3 Å². The Kier molecular flexibility index (Phi) is 4.02. The van der Waals surface area contributed by atoms with Crippen LogP contribution in [-0.4, -0.2) is 43.5 Å². The lowest BCUT2D eigenvalue weighted by molar-refractivity contribution is 0.0781. The van der Waals surface area contributed by atoms with E-state index in [1.807, 2.05) is 11.8 Å². The van der Waals surface area contributed by atoms with E-state index >= 15 is 0 Å². The first-order valence-corrected chi connectivity index (χ1v) is 11.1. The zero-order valence-electron chi connectivity index (χ0n) is 17.1. The number of thiophene rings is 1. The molecule has 4 heterocycles. The number of rotatable bonds is 1. The standard InChI is InChI=1S/C21H27N5OS/c1-12-22-19-16(14-8-7-13(21(2,3)4)11-15(14)28-19)18-23-17(24-26(12)18)20(27)25-9-5-6-10-25/h13H,5-11H2,1-4H3/t13-/m1/s1. The van der Waals surface area contributed by atoms with Crippen LogP contribution in [-0.2, 0) is 12.8 Å². The molecule has 1 aliphatic carbocycles. The van der Waals surface area contributed by atoms with Gasteiger partial charge in [-0.25, -0.2) is 9.97 Å². The fourth-order valence-electron chi connectivity index (χ4n) is 4.67. The molecule has 1 fully saturated rings. The molecule has 28 heavy (non-hydrogen) atoms. The molecule has 0 spiro atoms. The zero-order chi connectivity index (χ0) is 19.6. The van der Waals surface area contributed by atoms with E-state index in [1.165, 1.54) is 16.9 Å². The quantitative estimate of drug-likeness (QED) is 0.622. The Labute approximate surface area is 169 Å². The van der Waals surface area contributed by atoms with Gasteiger partial charge < -0.3 is 4.90 Å². The second-order valence-corrected chi connectivity index (χ2v) is 10.4. The predicted octanol–water partition coefficient (Wildman–Crippen LogP) is 4.03. The van der Waals surface area contributed by atoms with Crippen LogP contribution in [0.25, 0.3) is 15.9 Å². The summed E-state index contributed by atoms with van der Waals surface area (Å²) in [6, 6.07) is 0. The molecule has 148 valence electrons. The summed E-state index contributed by atoms with van der Waals surface area (Å²) in [5, 5.41) is 5.66. The van der Waals surface area contributed by atoms with Crippen molar-refractivity contribution in [3.05, 3.63) is 22.1 Å². The highest BCUT2D eigenvalue weighted by atomic mass is 32.1. The number of fused-ring (bicyclic) bond motifs is 5. The Bertz CT molecular complexity index is 1080. The van der Waals surface area contributed by atoms with Crippen molar-refractivity contribution in [2.45, 2.75) is 59.8 Å². The van der Waals surface area contributed by atoms with Gasteiger partial charge in [0.05, 0.1) is 5.39 Å². The Hall–Kier alpha value is -2.02. The van der Waals surface area contributed by atoms with Gasteiger partial charge in [0.25, 0.3) is 5.91 Å². The molecular formula is C21H27N5OS. The van der Waals surface area contributed by atoms with Gasteiger partial charge in [0, 0.05) is 18.0 Å². The third-order valence-electron chi connectivity index (χ3n) is 6.46. The van der Waals surface area contributed by atoms with Crippen LogP contribution in [0.5, 0.6) is 0 Å². The molecule has 3 aromatic rings. The number of aromatic nitrogens is 4. The lowest BCUT2D eigenvalue weighted by atomic mass is 9.72. The summed E-state index contributed by atoms with van der Waals surface area (Å²) in [5.74, 6) is 1.74. The second kappa shape index (κ2) is 6.24. The molecule has 0 unspecified atom stereocenters. The lowest BCUT2D eigenvalue weighted by Crippen LogP contribution is -2.28. The van der Waals surface area contributed by atoms with Gasteiger partial charge in [0.2, 0.25) is 5.82 Å². The fraction of sp³-hybridized carbons (Fsp3) is 0.619. The third-order valence-corrected chi connectivity index (χ3v) is 7.60. The SMILES string of the molecule is Cc1nc2sc3c(c2c2nc(C(=O)N4CCCC4)nn12)CC[C@@H](C(C)(C)C)C3. The van der Waals surface area contributed by atoms with Crippen molar-refractivity contribution in [2.75, 3.05) is 13.1 Å². The molecule has 6 nitrogen and oxygen atoms in total. The normalized spacial score (nSPS) is 20.3. The minimum Gasteiger partial charge on any atom is -0.336 e. The van der Waals surface area contributed by atoms with Crippen LogP contribution in [0.15, 0.2) is 0 Å². The predicted molar refractivity (Wildman–Crippen MR) is 111 cm³/mol. The summed E-state index contributed by atoms with van der Waals surface area (Å²) in [6.07, 6.45) is 5.49. The third kappa shape index (κ3) is 2.74. The zero-order valence-corrected chi connectivity index (χ0v) is 17.9. The van der Waals surface area contributed by atoms with Gasteiger partial charge in [-0.3, -0.25) is 4.79 Å². The Balaban J connectivity index is 1.63. The molecule has 1 saturated heterocycles. The average molecular weight is 398 g/mol. The largest absolute Gasteiger partial charge is 0.336 e. The van der Waals surface area contributed by atoms with E-state index in [4.69, 9.17) is 9.97 Å². The minimum absolute atomic E-state index is 0.0503. The molecule has 0 bridgehead atoms. The monoisotopic (exact) mass is 397 g/mol. The molecule has 1 aliphatic heterocycles. The van der Waals surface area contributed by atoms with Crippen LogP contribution < -0.4 is 0 Å². The smallest absolute Gasteiger partial charge is 0.293 e. The van der Waals surface area contributed by atoms with Gasteiger partial charge >= 0.3 is 0 Å². The number of nitrogens with zero attached hydrogens (tertiary/aromatic N) is 5. The van der Waals surface area contributed by atoms with E-state index < -0.39 is 0 Å². The number of aryl methyl sites for hydroxylation is 2. The van der Waals surface area contributed by atoms with Gasteiger partial charge in [0.15, 0.2) is 5.65 Å². The summed E-state index contributed by atoms with van der Waals surface area (Å²) in [7, 11) is 0. The van der Waals surface area contributed by atoms with E-state index in [0.717, 1.165) is 60.5 Å². The van der Waals surface area contributed by atoms with E-state index in [9.17, 15) is 4.79 Å². The molecule has 1 atom stereocenters. The summed E-state index contributed by atoms with van der Waals surface area (Å²) >= 11 is 1.80. The molecule has 3 aromatic heterocycles. The van der Waals surface area contributed by atoms with Crippen LogP contribution in [0.3, 0.4) is 0 Å². The van der Waals surface area contributed by atoms with Crippen molar-refractivity contribution < 1.29 is 4.79 Å². The molecule has 0 aromatic carbocycles. The average Bonchev–Trinajstić information content (AvgIpc) is 3.37. The highest BCUT2D eigenvalue weighted by Crippen LogP contribution is 2.43. The van der Waals surface area contributed by atoms with Crippen molar-refractivity contribution >= 4 is 33.1 Å². The fourth-order valence-corrected chi connectivity index (χ4v) is 6.01. The van der Waals surface area contributed by atoms with E-state index in [-0.39, 0.29) is 5.91 Å². The van der Waals surface area contributed by atoms with Crippen molar-refractivity contribution in [1.82, 2.24) is 24.5 Å². The maximum absolute atomic E-state index is 12.8. The minimum atomic E-state index is -0.0503. The van der Waals surface area contributed by atoms with E-state index in [2.05, 4.69) is 25.9 Å². The van der Waals surface area contributed by atoms with Crippen molar-refractivity contribution in [1.29, 1.82) is 0 Å². The van der Waals surface area contributed by atoms with Gasteiger partial charge in [-0.1, -0.05) is 20.8 Å². The first kappa shape index (κ1) is 18.0. The maximum atomic E-state index is 12.8. The van der Waals surface area contributed by atoms with Gasteiger partial charge in [0.1, 0.15) is 10.7 Å². The van der Waals surface area contributed by atoms with Gasteiger partial charge in [-0.15, -0.1) is 16.4 Å². The number of likely N-dealkylation sites (tertiary alicyclic amines) is 1. The number of carbonyl (C=O) groups excluding carboxylic acids is 1. The highest BCUT2D eigenvalue weighted by molar-refractivity contribution is 7.19. The summed E-state index contributed by atoms with van der Waals surface area (Å²) in [5.41, 5.74) is 2.50. The van der Waals surface area contributed by atoms with Crippen LogP contribution in [0.4, 0.5) is 0 Å². The van der Waals surface area contributed by atoms with E-state index in [0.29, 0.717) is 17.2 Å². The molecule has 0 N–H and O–H groups in total. The first-order valence-electron chi connectivity index (χ1n) is 10.3. The van der Waals surface area contributed by atoms with Crippen LogP contribution in [0.2, 0.25) is 0 Å². The van der Waals surface area contributed by atoms with Crippen molar-refractivity contribution in [3.8, 4) is 0 Å². The van der Waals surface area contributed by atoms with Crippen LogP contribution >= 0.6 is 11.3 Å². The Morgan fingerprint density at radius 3 is 2.64 bits per heavy atom. The summed E-state index contributed by atoms with van der Waals surface area (Å²) < 4.78 is 1.77. The second-order valence-electron chi connectivity index (χ2n) is 9.32. The van der Waals surface area contributed by atoms with Crippen molar-refractivity contribution in [3.63, 3.8) is 0 Å². The summed E-state index contributed by atoms with van der Waals surface area (Å²) in [4.78, 5) is 26.7. The van der Waals surface area contributed by atoms with Gasteiger partial charge in [-0.05, 0) is 55.9 Å². The molecule has 0 radical (unpaired) electrons. The molecule has 5 rings (SSSR count). The topological polar surface area (TPSA) is 63.4 Å². The Morgan fingerprint density at radius 2 is 1.93 bits per heavy atom. The number of carbonyl (C=O) groups is 1. The number of hydrogen-bond donors (Lipinski definition) is 0. The summed E-state index contributed by atoms with van der Waals surface area (Å²) in [6.45, 7) is 10.6.